The van der Waals surface area contributed by atoms with Crippen molar-refractivity contribution >= 4 is 57.8 Å². The maximum atomic E-state index is 12.6. The van der Waals surface area contributed by atoms with Crippen molar-refractivity contribution in [3.05, 3.63) is 64.3 Å². The van der Waals surface area contributed by atoms with Gasteiger partial charge < -0.3 is 14.4 Å². The second-order valence-corrected chi connectivity index (χ2v) is 9.72. The summed E-state index contributed by atoms with van der Waals surface area (Å²) in [7, 11) is 4.12. The summed E-state index contributed by atoms with van der Waals surface area (Å²) < 4.78 is 2.10. The topological polar surface area (TPSA) is 28.5 Å². The van der Waals surface area contributed by atoms with Crippen LogP contribution in [0.2, 0.25) is 10.0 Å². The number of carbonyl (C=O) groups is 1. The summed E-state index contributed by atoms with van der Waals surface area (Å²) in [5, 5.41) is 2.16. The van der Waals surface area contributed by atoms with E-state index in [-0.39, 0.29) is 5.91 Å². The monoisotopic (exact) mass is 473 g/mol. The number of nitrogens with zero attached hydrogens (tertiary/aromatic N) is 3. The molecule has 2 heterocycles. The SMILES string of the molecule is CN1CCCN(C(=O)C=Cc2ccc(Sc3ccc4c(ccn4C)c3)c(Cl)c2Cl)CC1. The molecule has 0 aliphatic carbocycles. The van der Waals surface area contributed by atoms with Crippen molar-refractivity contribution in [2.45, 2.75) is 16.2 Å². The minimum atomic E-state index is 0.0112. The summed E-state index contributed by atoms with van der Waals surface area (Å²) in [5.41, 5.74) is 1.93. The molecule has 1 aliphatic heterocycles. The van der Waals surface area contributed by atoms with E-state index in [9.17, 15) is 4.79 Å². The molecule has 0 radical (unpaired) electrons. The van der Waals surface area contributed by atoms with E-state index >= 15 is 0 Å². The molecule has 1 fully saturated rings. The van der Waals surface area contributed by atoms with Gasteiger partial charge in [-0.15, -0.1) is 0 Å². The Balaban J connectivity index is 1.48. The lowest BCUT2D eigenvalue weighted by Crippen LogP contribution is -2.33. The lowest BCUT2D eigenvalue weighted by atomic mass is 10.2. The van der Waals surface area contributed by atoms with Crippen molar-refractivity contribution in [1.82, 2.24) is 14.4 Å². The van der Waals surface area contributed by atoms with E-state index in [1.165, 1.54) is 10.9 Å². The maximum Gasteiger partial charge on any atom is 0.246 e. The zero-order chi connectivity index (χ0) is 22.0. The van der Waals surface area contributed by atoms with Crippen LogP contribution < -0.4 is 0 Å². The van der Waals surface area contributed by atoms with Crippen LogP contribution in [0, 0.1) is 0 Å². The molecule has 0 N–H and O–H groups in total. The first kappa shape index (κ1) is 22.3. The Hall–Kier alpha value is -1.92. The van der Waals surface area contributed by atoms with Gasteiger partial charge in [-0.3, -0.25) is 4.79 Å². The number of likely N-dealkylation sites (N-methyl/N-ethyl adjacent to an activating group) is 1. The van der Waals surface area contributed by atoms with Gasteiger partial charge in [-0.1, -0.05) is 41.0 Å². The molecule has 1 saturated heterocycles. The van der Waals surface area contributed by atoms with Crippen LogP contribution in [0.3, 0.4) is 0 Å². The molecule has 4 nitrogen and oxygen atoms in total. The van der Waals surface area contributed by atoms with Gasteiger partial charge in [0.05, 0.1) is 10.0 Å². The Morgan fingerprint density at radius 2 is 1.84 bits per heavy atom. The van der Waals surface area contributed by atoms with E-state index in [2.05, 4.69) is 47.0 Å². The maximum absolute atomic E-state index is 12.6. The third-order valence-corrected chi connectivity index (χ3v) is 7.66. The van der Waals surface area contributed by atoms with Gasteiger partial charge in [-0.05, 0) is 62.0 Å². The number of fused-ring (bicyclic) bond motifs is 1. The van der Waals surface area contributed by atoms with E-state index in [0.29, 0.717) is 10.0 Å². The normalized spacial score (nSPS) is 15.7. The predicted octanol–water partition coefficient (Wildman–Crippen LogP) is 5.81. The number of aryl methyl sites for hydroxylation is 1. The number of rotatable bonds is 4. The number of carbonyl (C=O) groups excluding carboxylic acids is 1. The summed E-state index contributed by atoms with van der Waals surface area (Å²) in [6, 6.07) is 12.3. The highest BCUT2D eigenvalue weighted by atomic mass is 35.5. The number of halogens is 2. The molecule has 4 rings (SSSR count). The number of benzene rings is 2. The van der Waals surface area contributed by atoms with E-state index in [4.69, 9.17) is 23.2 Å². The first-order valence-electron chi connectivity index (χ1n) is 10.3. The van der Waals surface area contributed by atoms with Gasteiger partial charge in [-0.25, -0.2) is 0 Å². The Morgan fingerprint density at radius 3 is 2.68 bits per heavy atom. The van der Waals surface area contributed by atoms with Crippen molar-refractivity contribution in [3.8, 4) is 0 Å². The van der Waals surface area contributed by atoms with E-state index in [1.54, 1.807) is 23.9 Å². The highest BCUT2D eigenvalue weighted by Crippen LogP contribution is 2.40. The number of amides is 1. The van der Waals surface area contributed by atoms with Gasteiger partial charge in [0, 0.05) is 59.6 Å². The zero-order valence-electron chi connectivity index (χ0n) is 17.6. The summed E-state index contributed by atoms with van der Waals surface area (Å²) in [4.78, 5) is 18.7. The van der Waals surface area contributed by atoms with Crippen molar-refractivity contribution < 1.29 is 4.79 Å². The Morgan fingerprint density at radius 1 is 1.00 bits per heavy atom. The van der Waals surface area contributed by atoms with Gasteiger partial charge in [-0.2, -0.15) is 0 Å². The highest BCUT2D eigenvalue weighted by molar-refractivity contribution is 7.99. The molecular formula is C24H25Cl2N3OS. The molecule has 0 spiro atoms. The van der Waals surface area contributed by atoms with E-state index in [0.717, 1.165) is 48.0 Å². The Bertz CT molecular complexity index is 1140. The van der Waals surface area contributed by atoms with Gasteiger partial charge >= 0.3 is 0 Å². The second kappa shape index (κ2) is 9.70. The molecule has 0 atom stereocenters. The lowest BCUT2D eigenvalue weighted by molar-refractivity contribution is -0.125. The smallest absolute Gasteiger partial charge is 0.246 e. The molecule has 2 aromatic carbocycles. The van der Waals surface area contributed by atoms with Crippen molar-refractivity contribution in [1.29, 1.82) is 0 Å². The van der Waals surface area contributed by atoms with Crippen molar-refractivity contribution in [3.63, 3.8) is 0 Å². The summed E-state index contributed by atoms with van der Waals surface area (Å²) in [6.45, 7) is 3.44. The van der Waals surface area contributed by atoms with Crippen molar-refractivity contribution in [2.24, 2.45) is 7.05 Å². The Labute approximate surface area is 197 Å². The molecule has 1 aliphatic rings. The molecule has 162 valence electrons. The van der Waals surface area contributed by atoms with Crippen LogP contribution >= 0.6 is 35.0 Å². The van der Waals surface area contributed by atoms with Gasteiger partial charge in [0.2, 0.25) is 5.91 Å². The van der Waals surface area contributed by atoms with Crippen LogP contribution in [0.1, 0.15) is 12.0 Å². The highest BCUT2D eigenvalue weighted by Gasteiger charge is 2.16. The average Bonchev–Trinajstić information content (AvgIpc) is 2.98. The summed E-state index contributed by atoms with van der Waals surface area (Å²) >= 11 is 14.7. The van der Waals surface area contributed by atoms with E-state index in [1.807, 2.05) is 24.1 Å². The van der Waals surface area contributed by atoms with Crippen LogP contribution in [0.15, 0.2) is 58.5 Å². The van der Waals surface area contributed by atoms with Crippen LogP contribution in [0.5, 0.6) is 0 Å². The number of hydrogen-bond acceptors (Lipinski definition) is 3. The molecule has 7 heteroatoms. The van der Waals surface area contributed by atoms with Crippen LogP contribution in [0.4, 0.5) is 0 Å². The van der Waals surface area contributed by atoms with Gasteiger partial charge in [0.1, 0.15) is 0 Å². The fraction of sp³-hybridized carbons (Fsp3) is 0.292. The molecular weight excluding hydrogens is 449 g/mol. The first-order valence-corrected chi connectivity index (χ1v) is 11.9. The van der Waals surface area contributed by atoms with E-state index < -0.39 is 0 Å². The molecule has 3 aromatic rings. The fourth-order valence-corrected chi connectivity index (χ4v) is 5.21. The second-order valence-electron chi connectivity index (χ2n) is 7.85. The molecule has 0 saturated carbocycles. The third-order valence-electron chi connectivity index (χ3n) is 5.60. The summed E-state index contributed by atoms with van der Waals surface area (Å²) in [6.07, 6.45) is 6.40. The quantitative estimate of drug-likeness (QED) is 0.447. The minimum absolute atomic E-state index is 0.0112. The van der Waals surface area contributed by atoms with Crippen LogP contribution in [-0.2, 0) is 11.8 Å². The minimum Gasteiger partial charge on any atom is -0.351 e. The third kappa shape index (κ3) is 5.12. The van der Waals surface area contributed by atoms with Gasteiger partial charge in [0.25, 0.3) is 0 Å². The standard InChI is InChI=1S/C24H25Cl2N3OS/c1-27-11-3-12-29(15-14-27)22(30)9-5-17-4-8-21(24(26)23(17)25)31-19-6-7-20-18(16-19)10-13-28(20)2/h4-10,13,16H,3,11-12,14-15H2,1-2H3. The first-order chi connectivity index (χ1) is 14.9. The molecule has 1 aromatic heterocycles. The zero-order valence-corrected chi connectivity index (χ0v) is 20.0. The molecule has 1 amide bonds. The predicted molar refractivity (Wildman–Crippen MR) is 131 cm³/mol. The number of hydrogen-bond donors (Lipinski definition) is 0. The molecule has 31 heavy (non-hydrogen) atoms. The summed E-state index contributed by atoms with van der Waals surface area (Å²) in [5.74, 6) is 0.0112. The van der Waals surface area contributed by atoms with Crippen molar-refractivity contribution in [2.75, 3.05) is 33.2 Å². The number of aromatic nitrogens is 1. The Kier molecular flexibility index (Phi) is 6.97. The van der Waals surface area contributed by atoms with Gasteiger partial charge in [0.15, 0.2) is 0 Å². The largest absolute Gasteiger partial charge is 0.351 e. The molecule has 0 unspecified atom stereocenters. The average molecular weight is 474 g/mol. The van der Waals surface area contributed by atoms with Crippen LogP contribution in [0.25, 0.3) is 17.0 Å². The lowest BCUT2D eigenvalue weighted by Gasteiger charge is -2.18. The fourth-order valence-electron chi connectivity index (χ4n) is 3.74. The van der Waals surface area contributed by atoms with Crippen LogP contribution in [-0.4, -0.2) is 53.5 Å². The molecule has 0 bridgehead atoms.